The molecule has 3 rings (SSSR count). The first-order valence-electron chi connectivity index (χ1n) is 6.42. The first-order chi connectivity index (χ1) is 9.70. The molecule has 0 bridgehead atoms. The minimum absolute atomic E-state index is 0.0542. The van der Waals surface area contributed by atoms with E-state index in [4.69, 9.17) is 5.11 Å². The van der Waals surface area contributed by atoms with Crippen molar-refractivity contribution in [1.29, 1.82) is 0 Å². The Hall–Kier alpha value is -2.50. The quantitative estimate of drug-likeness (QED) is 0.860. The lowest BCUT2D eigenvalue weighted by Gasteiger charge is -2.15. The van der Waals surface area contributed by atoms with E-state index in [0.717, 1.165) is 25.1 Å². The maximum absolute atomic E-state index is 10.7. The Morgan fingerprint density at radius 1 is 1.25 bits per heavy atom. The molecule has 0 atom stereocenters. The number of nitrogens with zero attached hydrogens (tertiary/aromatic N) is 3. The number of hydrogen-bond donors (Lipinski definition) is 2. The summed E-state index contributed by atoms with van der Waals surface area (Å²) in [5, 5.41) is 19.5. The number of carboxylic acids is 1. The molecule has 20 heavy (non-hydrogen) atoms. The van der Waals surface area contributed by atoms with Crippen molar-refractivity contribution in [3.8, 4) is 0 Å². The van der Waals surface area contributed by atoms with E-state index in [1.807, 2.05) is 18.2 Å². The van der Waals surface area contributed by atoms with Crippen LogP contribution in [-0.4, -0.2) is 32.8 Å². The van der Waals surface area contributed by atoms with Gasteiger partial charge in [-0.3, -0.25) is 4.98 Å². The van der Waals surface area contributed by atoms with Gasteiger partial charge in [0.1, 0.15) is 5.82 Å². The SMILES string of the molecule is O=C(O)c1ccc(NCC2(c3ccccn3)CC2)nn1. The van der Waals surface area contributed by atoms with Gasteiger partial charge in [-0.1, -0.05) is 6.07 Å². The molecule has 2 aromatic heterocycles. The molecular formula is C14H14N4O2. The Morgan fingerprint density at radius 3 is 2.65 bits per heavy atom. The Balaban J connectivity index is 1.66. The normalized spacial score (nSPS) is 15.6. The van der Waals surface area contributed by atoms with Crippen molar-refractivity contribution in [3.63, 3.8) is 0 Å². The van der Waals surface area contributed by atoms with Gasteiger partial charge in [0.15, 0.2) is 5.69 Å². The number of aromatic nitrogens is 3. The summed E-state index contributed by atoms with van der Waals surface area (Å²) >= 11 is 0. The molecule has 0 saturated heterocycles. The van der Waals surface area contributed by atoms with Gasteiger partial charge < -0.3 is 10.4 Å². The number of rotatable bonds is 5. The molecule has 2 heterocycles. The van der Waals surface area contributed by atoms with Crippen LogP contribution in [0.4, 0.5) is 5.82 Å². The molecule has 1 aliphatic rings. The standard InChI is InChI=1S/C14H14N4O2/c19-13(20)10-4-5-12(18-17-10)16-9-14(6-7-14)11-3-1-2-8-15-11/h1-5,8H,6-7,9H2,(H,16,18)(H,19,20). The van der Waals surface area contributed by atoms with Crippen molar-refractivity contribution in [1.82, 2.24) is 15.2 Å². The second-order valence-electron chi connectivity index (χ2n) is 4.96. The van der Waals surface area contributed by atoms with Gasteiger partial charge in [-0.25, -0.2) is 4.79 Å². The van der Waals surface area contributed by atoms with E-state index in [0.29, 0.717) is 5.82 Å². The first-order valence-corrected chi connectivity index (χ1v) is 6.42. The van der Waals surface area contributed by atoms with Crippen LogP contribution in [0, 0.1) is 0 Å². The maximum Gasteiger partial charge on any atom is 0.356 e. The second kappa shape index (κ2) is 4.88. The highest BCUT2D eigenvalue weighted by molar-refractivity contribution is 5.85. The van der Waals surface area contributed by atoms with Crippen molar-refractivity contribution in [2.45, 2.75) is 18.3 Å². The van der Waals surface area contributed by atoms with Gasteiger partial charge in [-0.05, 0) is 37.1 Å². The van der Waals surface area contributed by atoms with Crippen LogP contribution < -0.4 is 5.32 Å². The number of anilines is 1. The minimum Gasteiger partial charge on any atom is -0.476 e. The summed E-state index contributed by atoms with van der Waals surface area (Å²) in [7, 11) is 0. The summed E-state index contributed by atoms with van der Waals surface area (Å²) < 4.78 is 0. The fraction of sp³-hybridized carbons (Fsp3) is 0.286. The number of carboxylic acid groups (broad SMARTS) is 1. The summed E-state index contributed by atoms with van der Waals surface area (Å²) in [5.74, 6) is -0.492. The van der Waals surface area contributed by atoms with Gasteiger partial charge >= 0.3 is 5.97 Å². The lowest BCUT2D eigenvalue weighted by Crippen LogP contribution is -2.21. The van der Waals surface area contributed by atoms with E-state index in [2.05, 4.69) is 20.5 Å². The molecule has 0 unspecified atom stereocenters. The van der Waals surface area contributed by atoms with Crippen LogP contribution in [0.15, 0.2) is 36.5 Å². The fourth-order valence-corrected chi connectivity index (χ4v) is 2.15. The molecule has 6 nitrogen and oxygen atoms in total. The van der Waals surface area contributed by atoms with E-state index >= 15 is 0 Å². The van der Waals surface area contributed by atoms with Crippen molar-refractivity contribution >= 4 is 11.8 Å². The number of hydrogen-bond acceptors (Lipinski definition) is 5. The Bertz CT molecular complexity index is 609. The number of nitrogens with one attached hydrogen (secondary N) is 1. The van der Waals surface area contributed by atoms with Gasteiger partial charge in [0.05, 0.1) is 0 Å². The molecule has 0 aromatic carbocycles. The van der Waals surface area contributed by atoms with Crippen molar-refractivity contribution in [2.75, 3.05) is 11.9 Å². The van der Waals surface area contributed by atoms with Crippen LogP contribution >= 0.6 is 0 Å². The number of pyridine rings is 1. The Labute approximate surface area is 115 Å². The first kappa shape index (κ1) is 12.5. The monoisotopic (exact) mass is 270 g/mol. The van der Waals surface area contributed by atoms with Gasteiger partial charge in [-0.2, -0.15) is 0 Å². The highest BCUT2D eigenvalue weighted by atomic mass is 16.4. The van der Waals surface area contributed by atoms with Crippen LogP contribution in [0.3, 0.4) is 0 Å². The fourth-order valence-electron chi connectivity index (χ4n) is 2.15. The van der Waals surface area contributed by atoms with E-state index in [1.54, 1.807) is 12.3 Å². The van der Waals surface area contributed by atoms with Crippen molar-refractivity contribution < 1.29 is 9.90 Å². The molecule has 6 heteroatoms. The third-order valence-electron chi connectivity index (χ3n) is 3.55. The topological polar surface area (TPSA) is 88.0 Å². The zero-order valence-corrected chi connectivity index (χ0v) is 10.8. The zero-order valence-electron chi connectivity index (χ0n) is 10.8. The second-order valence-corrected chi connectivity index (χ2v) is 4.96. The van der Waals surface area contributed by atoms with Crippen molar-refractivity contribution in [2.24, 2.45) is 0 Å². The molecule has 0 aliphatic heterocycles. The van der Waals surface area contributed by atoms with Crippen LogP contribution in [0.5, 0.6) is 0 Å². The molecule has 0 spiro atoms. The van der Waals surface area contributed by atoms with Crippen molar-refractivity contribution in [3.05, 3.63) is 47.9 Å². The van der Waals surface area contributed by atoms with E-state index < -0.39 is 5.97 Å². The van der Waals surface area contributed by atoms with Crippen LogP contribution in [0.2, 0.25) is 0 Å². The summed E-state index contributed by atoms with van der Waals surface area (Å²) in [6.45, 7) is 0.727. The third kappa shape index (κ3) is 2.45. The summed E-state index contributed by atoms with van der Waals surface area (Å²) in [6, 6.07) is 9.00. The lowest BCUT2D eigenvalue weighted by molar-refractivity contribution is 0.0689. The summed E-state index contributed by atoms with van der Waals surface area (Å²) in [5.41, 5.74) is 1.11. The van der Waals surface area contributed by atoms with Gasteiger partial charge in [0, 0.05) is 23.9 Å². The zero-order chi connectivity index (χ0) is 14.0. The van der Waals surface area contributed by atoms with Gasteiger partial charge in [0.2, 0.25) is 0 Å². The number of aromatic carboxylic acids is 1. The van der Waals surface area contributed by atoms with Crippen LogP contribution in [-0.2, 0) is 5.41 Å². The predicted molar refractivity (Wildman–Crippen MR) is 72.6 cm³/mol. The van der Waals surface area contributed by atoms with E-state index in [1.165, 1.54) is 6.07 Å². The average Bonchev–Trinajstić information content (AvgIpc) is 3.28. The van der Waals surface area contributed by atoms with Crippen LogP contribution in [0.1, 0.15) is 29.0 Å². The molecular weight excluding hydrogens is 256 g/mol. The molecule has 1 fully saturated rings. The van der Waals surface area contributed by atoms with Gasteiger partial charge in [-0.15, -0.1) is 10.2 Å². The molecule has 0 amide bonds. The predicted octanol–water partition coefficient (Wildman–Crippen LogP) is 1.71. The molecule has 1 aliphatic carbocycles. The third-order valence-corrected chi connectivity index (χ3v) is 3.55. The minimum atomic E-state index is -1.07. The van der Waals surface area contributed by atoms with E-state index in [9.17, 15) is 4.79 Å². The van der Waals surface area contributed by atoms with Crippen LogP contribution in [0.25, 0.3) is 0 Å². The highest BCUT2D eigenvalue weighted by Crippen LogP contribution is 2.47. The van der Waals surface area contributed by atoms with Gasteiger partial charge in [0.25, 0.3) is 0 Å². The maximum atomic E-state index is 10.7. The summed E-state index contributed by atoms with van der Waals surface area (Å²) in [6.07, 6.45) is 3.99. The number of carbonyl (C=O) groups is 1. The molecule has 1 saturated carbocycles. The largest absolute Gasteiger partial charge is 0.476 e. The Kier molecular flexibility index (Phi) is 3.06. The lowest BCUT2D eigenvalue weighted by atomic mass is 10.0. The van der Waals surface area contributed by atoms with E-state index in [-0.39, 0.29) is 11.1 Å². The molecule has 2 aromatic rings. The highest BCUT2D eigenvalue weighted by Gasteiger charge is 2.45. The summed E-state index contributed by atoms with van der Waals surface area (Å²) in [4.78, 5) is 15.1. The smallest absolute Gasteiger partial charge is 0.356 e. The molecule has 0 radical (unpaired) electrons. The molecule has 102 valence electrons. The molecule has 2 N–H and O–H groups in total. The average molecular weight is 270 g/mol. The Morgan fingerprint density at radius 2 is 2.10 bits per heavy atom.